The van der Waals surface area contributed by atoms with Crippen LogP contribution in [0.25, 0.3) is 0 Å². The number of nitrogens with one attached hydrogen (secondary N) is 1. The lowest BCUT2D eigenvalue weighted by molar-refractivity contribution is -0.130. The van der Waals surface area contributed by atoms with E-state index in [1.807, 2.05) is 17.9 Å². The third kappa shape index (κ3) is 3.83. The van der Waals surface area contributed by atoms with E-state index in [2.05, 4.69) is 5.32 Å². The Morgan fingerprint density at radius 2 is 1.88 bits per heavy atom. The van der Waals surface area contributed by atoms with E-state index in [9.17, 15) is 14.4 Å². The summed E-state index contributed by atoms with van der Waals surface area (Å²) in [5.74, 6) is 0.276. The summed E-state index contributed by atoms with van der Waals surface area (Å²) in [5, 5.41) is 2.91. The van der Waals surface area contributed by atoms with E-state index in [-0.39, 0.29) is 23.8 Å². The summed E-state index contributed by atoms with van der Waals surface area (Å²) in [4.78, 5) is 39.6. The van der Waals surface area contributed by atoms with Crippen LogP contribution < -0.4 is 5.32 Å². The van der Waals surface area contributed by atoms with Gasteiger partial charge in [0.2, 0.25) is 5.91 Å². The fourth-order valence-corrected chi connectivity index (χ4v) is 3.77. The Morgan fingerprint density at radius 1 is 1.16 bits per heavy atom. The minimum atomic E-state index is -0.124. The molecule has 0 saturated carbocycles. The van der Waals surface area contributed by atoms with Crippen LogP contribution in [0.2, 0.25) is 0 Å². The molecule has 2 heterocycles. The van der Waals surface area contributed by atoms with Crippen LogP contribution in [0.1, 0.15) is 48.5 Å². The molecule has 0 spiro atoms. The molecule has 6 nitrogen and oxygen atoms in total. The minimum Gasteiger partial charge on any atom is -0.340 e. The molecule has 2 saturated heterocycles. The molecule has 25 heavy (non-hydrogen) atoms. The smallest absolute Gasteiger partial charge is 0.321 e. The number of carbonyl (C=O) groups is 3. The first-order valence-corrected chi connectivity index (χ1v) is 8.92. The largest absolute Gasteiger partial charge is 0.340 e. The first-order chi connectivity index (χ1) is 12.0. The van der Waals surface area contributed by atoms with Crippen molar-refractivity contribution in [1.82, 2.24) is 9.80 Å². The summed E-state index contributed by atoms with van der Waals surface area (Å²) in [7, 11) is 0. The van der Waals surface area contributed by atoms with Crippen LogP contribution in [-0.4, -0.2) is 53.2 Å². The van der Waals surface area contributed by atoms with Crippen LogP contribution in [-0.2, 0) is 4.79 Å². The van der Waals surface area contributed by atoms with Gasteiger partial charge in [0.05, 0.1) is 0 Å². The Kier molecular flexibility index (Phi) is 5.06. The lowest BCUT2D eigenvalue weighted by Crippen LogP contribution is -2.48. The molecule has 1 aromatic carbocycles. The van der Waals surface area contributed by atoms with Crippen LogP contribution >= 0.6 is 0 Å². The highest BCUT2D eigenvalue weighted by Gasteiger charge is 2.31. The summed E-state index contributed by atoms with van der Waals surface area (Å²) in [6.45, 7) is 5.58. The summed E-state index contributed by atoms with van der Waals surface area (Å²) in [6, 6.07) is 5.48. The molecule has 134 valence electrons. The fourth-order valence-electron chi connectivity index (χ4n) is 3.77. The molecule has 2 aliphatic heterocycles. The Morgan fingerprint density at radius 3 is 2.44 bits per heavy atom. The molecule has 0 aromatic heterocycles. The van der Waals surface area contributed by atoms with E-state index in [1.165, 1.54) is 6.92 Å². The number of aryl methyl sites for hydroxylation is 1. The summed E-state index contributed by atoms with van der Waals surface area (Å²) in [6.07, 6.45) is 3.29. The van der Waals surface area contributed by atoms with Gasteiger partial charge >= 0.3 is 6.03 Å². The van der Waals surface area contributed by atoms with Crippen molar-refractivity contribution in [3.8, 4) is 0 Å². The lowest BCUT2D eigenvalue weighted by atomic mass is 10.0. The normalized spacial score (nSPS) is 18.6. The molecule has 1 N–H and O–H groups in total. The van der Waals surface area contributed by atoms with Crippen molar-refractivity contribution >= 4 is 23.4 Å². The maximum Gasteiger partial charge on any atom is 0.321 e. The summed E-state index contributed by atoms with van der Waals surface area (Å²) >= 11 is 0. The van der Waals surface area contributed by atoms with Gasteiger partial charge in [-0.25, -0.2) is 4.79 Å². The molecule has 0 unspecified atom stereocenters. The van der Waals surface area contributed by atoms with Gasteiger partial charge in [0, 0.05) is 43.3 Å². The van der Waals surface area contributed by atoms with Gasteiger partial charge in [-0.2, -0.15) is 0 Å². The van der Waals surface area contributed by atoms with E-state index in [1.54, 1.807) is 17.0 Å². The average molecular weight is 343 g/mol. The number of amides is 3. The second kappa shape index (κ2) is 7.25. The molecule has 0 radical (unpaired) electrons. The van der Waals surface area contributed by atoms with Crippen molar-refractivity contribution in [2.24, 2.45) is 0 Å². The van der Waals surface area contributed by atoms with E-state index < -0.39 is 0 Å². The topological polar surface area (TPSA) is 69.7 Å². The Labute approximate surface area is 148 Å². The zero-order valence-electron chi connectivity index (χ0n) is 14.9. The highest BCUT2D eigenvalue weighted by atomic mass is 16.2. The van der Waals surface area contributed by atoms with E-state index >= 15 is 0 Å². The second-order valence-electron chi connectivity index (χ2n) is 6.92. The Bertz CT molecular complexity index is 693. The maximum atomic E-state index is 12.5. The van der Waals surface area contributed by atoms with Crippen LogP contribution in [0.5, 0.6) is 0 Å². The number of urea groups is 1. The van der Waals surface area contributed by atoms with Gasteiger partial charge in [-0.3, -0.25) is 9.59 Å². The molecule has 3 amide bonds. The number of nitrogens with zero attached hydrogens (tertiary/aromatic N) is 2. The first-order valence-electron chi connectivity index (χ1n) is 8.92. The van der Waals surface area contributed by atoms with Gasteiger partial charge < -0.3 is 15.1 Å². The molecule has 2 fully saturated rings. The van der Waals surface area contributed by atoms with Crippen molar-refractivity contribution < 1.29 is 14.4 Å². The summed E-state index contributed by atoms with van der Waals surface area (Å²) < 4.78 is 0. The molecule has 0 atom stereocenters. The highest BCUT2D eigenvalue weighted by Crippen LogP contribution is 2.23. The number of hydrogen-bond acceptors (Lipinski definition) is 3. The van der Waals surface area contributed by atoms with E-state index in [0.29, 0.717) is 30.8 Å². The van der Waals surface area contributed by atoms with Crippen molar-refractivity contribution in [2.45, 2.75) is 45.6 Å². The van der Waals surface area contributed by atoms with Crippen molar-refractivity contribution in [2.75, 3.05) is 25.0 Å². The molecular weight excluding hydrogens is 318 g/mol. The first kappa shape index (κ1) is 17.5. The summed E-state index contributed by atoms with van der Waals surface area (Å²) in [5.41, 5.74) is 2.23. The second-order valence-corrected chi connectivity index (χ2v) is 6.92. The maximum absolute atomic E-state index is 12.5. The third-order valence-corrected chi connectivity index (χ3v) is 5.16. The molecule has 0 aliphatic carbocycles. The quantitative estimate of drug-likeness (QED) is 0.858. The number of carbonyl (C=O) groups excluding carboxylic acids is 3. The number of ketones is 1. The lowest BCUT2D eigenvalue weighted by Gasteiger charge is -2.36. The monoisotopic (exact) mass is 343 g/mol. The highest BCUT2D eigenvalue weighted by molar-refractivity contribution is 5.97. The van der Waals surface area contributed by atoms with Crippen molar-refractivity contribution in [3.63, 3.8) is 0 Å². The van der Waals surface area contributed by atoms with Crippen LogP contribution in [0.15, 0.2) is 18.2 Å². The van der Waals surface area contributed by atoms with Gasteiger partial charge in [0.25, 0.3) is 0 Å². The zero-order chi connectivity index (χ0) is 18.0. The Balaban J connectivity index is 1.55. The number of rotatable bonds is 3. The van der Waals surface area contributed by atoms with Gasteiger partial charge in [-0.1, -0.05) is 0 Å². The predicted octanol–water partition coefficient (Wildman–Crippen LogP) is 2.82. The molecule has 2 aliphatic rings. The Hall–Kier alpha value is -2.37. The molecule has 3 rings (SSSR count). The van der Waals surface area contributed by atoms with Crippen LogP contribution in [0, 0.1) is 6.92 Å². The number of anilines is 1. The number of piperidine rings is 1. The number of Topliss-reactive ketones (excluding diaryl/α,β-unsaturated/α-hetero) is 1. The molecule has 1 aromatic rings. The van der Waals surface area contributed by atoms with Gasteiger partial charge in [0.15, 0.2) is 5.78 Å². The van der Waals surface area contributed by atoms with Crippen molar-refractivity contribution in [3.05, 3.63) is 29.3 Å². The van der Waals surface area contributed by atoms with Crippen molar-refractivity contribution in [1.29, 1.82) is 0 Å². The van der Waals surface area contributed by atoms with Crippen LogP contribution in [0.3, 0.4) is 0 Å². The average Bonchev–Trinajstić information content (AvgIpc) is 3.00. The standard InChI is InChI=1S/C19H25N3O3/c1-13-12-15(5-6-17(13)14(2)23)20-19(25)21-10-7-16(8-11-21)22-9-3-4-18(22)24/h5-6,12,16H,3-4,7-11H2,1-2H3,(H,20,25). The number of likely N-dealkylation sites (tertiary alicyclic amines) is 2. The molecule has 0 bridgehead atoms. The van der Waals surface area contributed by atoms with E-state index in [0.717, 1.165) is 31.4 Å². The minimum absolute atomic E-state index is 0.0221. The number of hydrogen-bond donors (Lipinski definition) is 1. The van der Waals surface area contributed by atoms with E-state index in [4.69, 9.17) is 0 Å². The molecular formula is C19H25N3O3. The predicted molar refractivity (Wildman–Crippen MR) is 95.7 cm³/mol. The number of benzene rings is 1. The molecule has 6 heteroatoms. The fraction of sp³-hybridized carbons (Fsp3) is 0.526. The van der Waals surface area contributed by atoms with Gasteiger partial charge in [-0.15, -0.1) is 0 Å². The zero-order valence-corrected chi connectivity index (χ0v) is 14.9. The van der Waals surface area contributed by atoms with Gasteiger partial charge in [-0.05, 0) is 56.9 Å². The van der Waals surface area contributed by atoms with Crippen LogP contribution in [0.4, 0.5) is 10.5 Å². The van der Waals surface area contributed by atoms with Gasteiger partial charge in [0.1, 0.15) is 0 Å². The third-order valence-electron chi connectivity index (χ3n) is 5.16. The SMILES string of the molecule is CC(=O)c1ccc(NC(=O)N2CCC(N3CCCC3=O)CC2)cc1C.